The number of aromatic nitrogens is 2. The van der Waals surface area contributed by atoms with E-state index in [1.807, 2.05) is 19.2 Å². The summed E-state index contributed by atoms with van der Waals surface area (Å²) in [5, 5.41) is 10.3. The summed E-state index contributed by atoms with van der Waals surface area (Å²) in [6.45, 7) is 2.59. The van der Waals surface area contributed by atoms with Gasteiger partial charge in [-0.3, -0.25) is 0 Å². The van der Waals surface area contributed by atoms with Crippen LogP contribution in [-0.2, 0) is 6.54 Å². The van der Waals surface area contributed by atoms with Gasteiger partial charge in [0.1, 0.15) is 0 Å². The lowest BCUT2D eigenvalue weighted by molar-refractivity contribution is 0.728. The van der Waals surface area contributed by atoms with Crippen molar-refractivity contribution in [1.29, 1.82) is 0 Å². The highest BCUT2D eigenvalue weighted by Crippen LogP contribution is 2.26. The van der Waals surface area contributed by atoms with E-state index in [1.165, 1.54) is 4.88 Å². The summed E-state index contributed by atoms with van der Waals surface area (Å²) < 4.78 is 0. The first kappa shape index (κ1) is 12.0. The molecule has 0 radical (unpaired) electrons. The third kappa shape index (κ3) is 2.62. The van der Waals surface area contributed by atoms with Gasteiger partial charge in [-0.15, -0.1) is 16.4 Å². The average Bonchev–Trinajstić information content (AvgIpc) is 2.91. The van der Waals surface area contributed by atoms with Crippen molar-refractivity contribution in [3.63, 3.8) is 0 Å². The van der Waals surface area contributed by atoms with Crippen LogP contribution < -0.4 is 10.6 Å². The molecule has 4 nitrogen and oxygen atoms in total. The van der Waals surface area contributed by atoms with Gasteiger partial charge in [0.05, 0.1) is 11.7 Å². The topological polar surface area (TPSA) is 55.0 Å². The maximum atomic E-state index is 5.50. The van der Waals surface area contributed by atoms with Crippen LogP contribution in [0.1, 0.15) is 23.5 Å². The zero-order valence-corrected chi connectivity index (χ0v) is 10.8. The molecular weight excluding hydrogens is 232 g/mol. The minimum atomic E-state index is 0.299. The summed E-state index contributed by atoms with van der Waals surface area (Å²) in [7, 11) is 2.02. The predicted molar refractivity (Wildman–Crippen MR) is 71.1 cm³/mol. The van der Waals surface area contributed by atoms with Crippen molar-refractivity contribution in [3.05, 3.63) is 40.2 Å². The monoisotopic (exact) mass is 248 g/mol. The molecule has 0 saturated carbocycles. The van der Waals surface area contributed by atoms with Crippen molar-refractivity contribution in [2.45, 2.75) is 19.5 Å². The first-order valence-corrected chi connectivity index (χ1v) is 6.39. The molecule has 5 heteroatoms. The van der Waals surface area contributed by atoms with Gasteiger partial charge in [-0.05, 0) is 30.5 Å². The Bertz CT molecular complexity index is 452. The highest BCUT2D eigenvalue weighted by Gasteiger charge is 2.14. The zero-order valence-electron chi connectivity index (χ0n) is 10.00. The fourth-order valence-electron chi connectivity index (χ4n) is 1.57. The highest BCUT2D eigenvalue weighted by atomic mass is 32.1. The molecule has 2 rings (SSSR count). The van der Waals surface area contributed by atoms with Crippen LogP contribution in [0.3, 0.4) is 0 Å². The molecule has 0 aliphatic rings. The molecule has 0 aromatic carbocycles. The average molecular weight is 248 g/mol. The molecule has 0 aliphatic carbocycles. The van der Waals surface area contributed by atoms with E-state index >= 15 is 0 Å². The first-order chi connectivity index (χ1) is 8.22. The van der Waals surface area contributed by atoms with Gasteiger partial charge in [-0.1, -0.05) is 6.07 Å². The highest BCUT2D eigenvalue weighted by molar-refractivity contribution is 7.10. The number of nitrogens with two attached hydrogens (primary N) is 1. The fourth-order valence-corrected chi connectivity index (χ4v) is 2.39. The van der Waals surface area contributed by atoms with Gasteiger partial charge in [-0.2, -0.15) is 5.10 Å². The van der Waals surface area contributed by atoms with Crippen molar-refractivity contribution >= 4 is 17.2 Å². The van der Waals surface area contributed by atoms with E-state index in [0.29, 0.717) is 12.6 Å². The molecule has 2 heterocycles. The van der Waals surface area contributed by atoms with E-state index in [2.05, 4.69) is 39.5 Å². The number of rotatable bonds is 4. The number of thiophene rings is 1. The Balaban J connectivity index is 2.16. The lowest BCUT2D eigenvalue weighted by atomic mass is 10.2. The van der Waals surface area contributed by atoms with Crippen LogP contribution in [0.4, 0.5) is 5.82 Å². The fraction of sp³-hybridized carbons (Fsp3) is 0.333. The Morgan fingerprint density at radius 2 is 2.18 bits per heavy atom. The summed E-state index contributed by atoms with van der Waals surface area (Å²) in [5.41, 5.74) is 6.31. The normalized spacial score (nSPS) is 12.4. The van der Waals surface area contributed by atoms with Crippen LogP contribution in [0.5, 0.6) is 0 Å². The van der Waals surface area contributed by atoms with Crippen molar-refractivity contribution in [1.82, 2.24) is 10.2 Å². The minimum absolute atomic E-state index is 0.299. The quantitative estimate of drug-likeness (QED) is 0.901. The molecule has 90 valence electrons. The Morgan fingerprint density at radius 1 is 1.35 bits per heavy atom. The second-order valence-corrected chi connectivity index (χ2v) is 4.87. The van der Waals surface area contributed by atoms with Crippen molar-refractivity contribution in [3.8, 4) is 0 Å². The number of anilines is 1. The largest absolute Gasteiger partial charge is 0.351 e. The molecule has 0 fully saturated rings. The van der Waals surface area contributed by atoms with E-state index in [4.69, 9.17) is 5.73 Å². The molecule has 0 spiro atoms. The maximum Gasteiger partial charge on any atom is 0.151 e. The number of hydrogen-bond donors (Lipinski definition) is 1. The molecular formula is C12H16N4S. The standard InChI is InChI=1S/C12H16N4S/c1-9(11-4-3-7-17-11)16(2)12-6-5-10(8-13)14-15-12/h3-7,9H,8,13H2,1-2H3. The Hall–Kier alpha value is -1.46. The molecule has 0 bridgehead atoms. The van der Waals surface area contributed by atoms with Crippen molar-refractivity contribution < 1.29 is 0 Å². The van der Waals surface area contributed by atoms with E-state index in [0.717, 1.165) is 11.5 Å². The maximum absolute atomic E-state index is 5.50. The number of hydrogen-bond acceptors (Lipinski definition) is 5. The molecule has 2 N–H and O–H groups in total. The molecule has 0 amide bonds. The van der Waals surface area contributed by atoms with Gasteiger partial charge in [0, 0.05) is 18.5 Å². The summed E-state index contributed by atoms with van der Waals surface area (Å²) in [4.78, 5) is 3.43. The van der Waals surface area contributed by atoms with Gasteiger partial charge in [-0.25, -0.2) is 0 Å². The first-order valence-electron chi connectivity index (χ1n) is 5.51. The summed E-state index contributed by atoms with van der Waals surface area (Å²) in [6.07, 6.45) is 0. The van der Waals surface area contributed by atoms with Crippen LogP contribution in [0, 0.1) is 0 Å². The van der Waals surface area contributed by atoms with Crippen molar-refractivity contribution in [2.75, 3.05) is 11.9 Å². The Kier molecular flexibility index (Phi) is 3.71. The molecule has 1 unspecified atom stereocenters. The lowest BCUT2D eigenvalue weighted by Crippen LogP contribution is -2.22. The van der Waals surface area contributed by atoms with Gasteiger partial charge in [0.15, 0.2) is 5.82 Å². The second kappa shape index (κ2) is 5.25. The predicted octanol–water partition coefficient (Wildman–Crippen LogP) is 2.19. The second-order valence-electron chi connectivity index (χ2n) is 3.89. The SMILES string of the molecule is CC(c1cccs1)N(C)c1ccc(CN)nn1. The molecule has 2 aromatic heterocycles. The molecule has 0 saturated heterocycles. The van der Waals surface area contributed by atoms with Crippen LogP contribution in [0.15, 0.2) is 29.6 Å². The Labute approximate surface area is 105 Å². The van der Waals surface area contributed by atoms with Gasteiger partial charge < -0.3 is 10.6 Å². The van der Waals surface area contributed by atoms with E-state index in [1.54, 1.807) is 11.3 Å². The molecule has 2 aromatic rings. The summed E-state index contributed by atoms with van der Waals surface area (Å²) in [5.74, 6) is 0.864. The smallest absolute Gasteiger partial charge is 0.151 e. The minimum Gasteiger partial charge on any atom is -0.351 e. The van der Waals surface area contributed by atoms with Gasteiger partial charge >= 0.3 is 0 Å². The zero-order chi connectivity index (χ0) is 12.3. The lowest BCUT2D eigenvalue weighted by Gasteiger charge is -2.24. The van der Waals surface area contributed by atoms with E-state index in [-0.39, 0.29) is 0 Å². The van der Waals surface area contributed by atoms with Crippen LogP contribution in [0.2, 0.25) is 0 Å². The molecule has 0 aliphatic heterocycles. The van der Waals surface area contributed by atoms with Crippen LogP contribution in [-0.4, -0.2) is 17.2 Å². The van der Waals surface area contributed by atoms with Gasteiger partial charge in [0.25, 0.3) is 0 Å². The molecule has 1 atom stereocenters. The van der Waals surface area contributed by atoms with E-state index in [9.17, 15) is 0 Å². The van der Waals surface area contributed by atoms with Crippen LogP contribution in [0.25, 0.3) is 0 Å². The summed E-state index contributed by atoms with van der Waals surface area (Å²) in [6, 6.07) is 8.37. The van der Waals surface area contributed by atoms with Gasteiger partial charge in [0.2, 0.25) is 0 Å². The third-order valence-electron chi connectivity index (χ3n) is 2.81. The van der Waals surface area contributed by atoms with Crippen LogP contribution >= 0.6 is 11.3 Å². The Morgan fingerprint density at radius 3 is 2.71 bits per heavy atom. The molecule has 17 heavy (non-hydrogen) atoms. The number of nitrogens with zero attached hydrogens (tertiary/aromatic N) is 3. The summed E-state index contributed by atoms with van der Waals surface area (Å²) >= 11 is 1.75. The third-order valence-corrected chi connectivity index (χ3v) is 3.85. The van der Waals surface area contributed by atoms with E-state index < -0.39 is 0 Å². The van der Waals surface area contributed by atoms with Crippen molar-refractivity contribution in [2.24, 2.45) is 5.73 Å².